The lowest BCUT2D eigenvalue weighted by Crippen LogP contribution is -2.10. The highest BCUT2D eigenvalue weighted by Crippen LogP contribution is 2.43. The van der Waals surface area contributed by atoms with Gasteiger partial charge in [-0.2, -0.15) is 8.75 Å². The first-order valence-electron chi connectivity index (χ1n) is 24.0. The maximum absolute atomic E-state index is 4.99. The molecule has 0 amide bonds. The fourth-order valence-electron chi connectivity index (χ4n) is 10.2. The topological polar surface area (TPSA) is 34.0 Å². The van der Waals surface area contributed by atoms with Gasteiger partial charge in [-0.1, -0.05) is 176 Å². The molecular weight excluding hydrogens is 881 g/mol. The average Bonchev–Trinajstić information content (AvgIpc) is 4.08. The highest BCUT2D eigenvalue weighted by molar-refractivity contribution is 7.00. The van der Waals surface area contributed by atoms with Gasteiger partial charge < -0.3 is 9.47 Å². The van der Waals surface area contributed by atoms with Crippen molar-refractivity contribution >= 4 is 61.6 Å². The third-order valence-corrected chi connectivity index (χ3v) is 14.2. The van der Waals surface area contributed by atoms with Crippen molar-refractivity contribution in [2.45, 2.75) is 0 Å². The maximum Gasteiger partial charge on any atom is 0.129 e. The van der Waals surface area contributed by atoms with Gasteiger partial charge in [0.05, 0.1) is 28.4 Å². The van der Waals surface area contributed by atoms with E-state index in [1.807, 2.05) is 0 Å². The number of hydrogen-bond acceptors (Lipinski definition) is 4. The summed E-state index contributed by atoms with van der Waals surface area (Å²) in [5.74, 6) is 0. The first kappa shape index (κ1) is 42.0. The Bertz CT molecular complexity index is 3850. The summed E-state index contributed by atoms with van der Waals surface area (Å²) in [6.07, 6.45) is 0. The van der Waals surface area contributed by atoms with Gasteiger partial charge in [0.15, 0.2) is 0 Å². The zero-order valence-corrected chi connectivity index (χ0v) is 39.4. The summed E-state index contributed by atoms with van der Waals surface area (Å²) < 4.78 is 12.3. The van der Waals surface area contributed by atoms with E-state index in [4.69, 9.17) is 8.75 Å². The average molecular weight is 925 g/mol. The first-order chi connectivity index (χ1) is 35.2. The molecular formula is C66H44N4S. The van der Waals surface area contributed by atoms with Gasteiger partial charge in [0.2, 0.25) is 0 Å². The van der Waals surface area contributed by atoms with Gasteiger partial charge in [0.1, 0.15) is 11.0 Å². The predicted molar refractivity (Wildman–Crippen MR) is 299 cm³/mol. The van der Waals surface area contributed by atoms with Crippen molar-refractivity contribution in [1.82, 2.24) is 13.3 Å². The normalized spacial score (nSPS) is 11.4. The SMILES string of the molecule is c1ccc(-c2cc(-c3ccccc3)cc(-c3ccc(N(c4ccccc4)c4ccc(-c5ccc(-n6c7ccc(-c8ccccc8)cc7c7cc(-c8ccccc8)ccc76)cc5)c5nsnc45)cc3)c2)cc1. The van der Waals surface area contributed by atoms with Crippen molar-refractivity contribution in [2.24, 2.45) is 0 Å². The minimum atomic E-state index is 0.860. The third-order valence-electron chi connectivity index (χ3n) is 13.7. The van der Waals surface area contributed by atoms with E-state index in [9.17, 15) is 0 Å². The quantitative estimate of drug-likeness (QED) is 0.137. The molecule has 71 heavy (non-hydrogen) atoms. The van der Waals surface area contributed by atoms with E-state index in [0.717, 1.165) is 56.0 Å². The van der Waals surface area contributed by atoms with E-state index < -0.39 is 0 Å². The van der Waals surface area contributed by atoms with E-state index in [0.29, 0.717) is 0 Å². The lowest BCUT2D eigenvalue weighted by atomic mass is 9.93. The minimum Gasteiger partial charge on any atom is -0.309 e. The minimum absolute atomic E-state index is 0.860. The second kappa shape index (κ2) is 18.1. The Morgan fingerprint density at radius 3 is 1.18 bits per heavy atom. The Hall–Kier alpha value is -9.16. The molecule has 0 N–H and O–H groups in total. The van der Waals surface area contributed by atoms with E-state index >= 15 is 0 Å². The molecule has 0 saturated heterocycles. The maximum atomic E-state index is 4.99. The summed E-state index contributed by atoms with van der Waals surface area (Å²) in [4.78, 5) is 2.30. The molecule has 4 nitrogen and oxygen atoms in total. The molecule has 2 heterocycles. The number of hydrogen-bond donors (Lipinski definition) is 0. The summed E-state index contributed by atoms with van der Waals surface area (Å²) in [6, 6.07) is 95.9. The van der Waals surface area contributed by atoms with E-state index in [2.05, 4.69) is 276 Å². The molecule has 11 aromatic carbocycles. The molecule has 0 bridgehead atoms. The number of anilines is 3. The molecule has 334 valence electrons. The van der Waals surface area contributed by atoms with Crippen molar-refractivity contribution in [3.05, 3.63) is 267 Å². The number of fused-ring (bicyclic) bond motifs is 4. The van der Waals surface area contributed by atoms with Crippen molar-refractivity contribution in [3.63, 3.8) is 0 Å². The molecule has 5 heteroatoms. The fraction of sp³-hybridized carbons (Fsp3) is 0. The first-order valence-corrected chi connectivity index (χ1v) is 24.7. The molecule has 0 radical (unpaired) electrons. The van der Waals surface area contributed by atoms with E-state index in [1.54, 1.807) is 0 Å². The Kier molecular flexibility index (Phi) is 10.7. The predicted octanol–water partition coefficient (Wildman–Crippen LogP) is 18.3. The zero-order chi connectivity index (χ0) is 47.1. The van der Waals surface area contributed by atoms with E-state index in [-0.39, 0.29) is 0 Å². The summed E-state index contributed by atoms with van der Waals surface area (Å²) >= 11 is 1.25. The van der Waals surface area contributed by atoms with Gasteiger partial charge in [0.25, 0.3) is 0 Å². The van der Waals surface area contributed by atoms with Crippen LogP contribution in [-0.2, 0) is 0 Å². The van der Waals surface area contributed by atoms with Crippen molar-refractivity contribution < 1.29 is 0 Å². The van der Waals surface area contributed by atoms with Crippen LogP contribution in [0.25, 0.3) is 105 Å². The van der Waals surface area contributed by atoms with Gasteiger partial charge in [-0.3, -0.25) is 0 Å². The van der Waals surface area contributed by atoms with Crippen LogP contribution in [0.4, 0.5) is 17.1 Å². The molecule has 0 atom stereocenters. The monoisotopic (exact) mass is 924 g/mol. The number of nitrogens with zero attached hydrogens (tertiary/aromatic N) is 4. The Morgan fingerprint density at radius 2 is 0.690 bits per heavy atom. The smallest absolute Gasteiger partial charge is 0.129 e. The van der Waals surface area contributed by atoms with Crippen LogP contribution in [0, 0.1) is 0 Å². The number of rotatable bonds is 10. The van der Waals surface area contributed by atoms with Crippen molar-refractivity contribution in [3.8, 4) is 72.4 Å². The van der Waals surface area contributed by atoms with Crippen molar-refractivity contribution in [2.75, 3.05) is 4.90 Å². The molecule has 0 saturated carbocycles. The van der Waals surface area contributed by atoms with Crippen LogP contribution in [0.1, 0.15) is 0 Å². The second-order valence-corrected chi connectivity index (χ2v) is 18.4. The molecule has 2 aromatic heterocycles. The van der Waals surface area contributed by atoms with Crippen molar-refractivity contribution in [1.29, 1.82) is 0 Å². The van der Waals surface area contributed by atoms with Gasteiger partial charge >= 0.3 is 0 Å². The molecule has 0 aliphatic rings. The summed E-state index contributed by atoms with van der Waals surface area (Å²) in [7, 11) is 0. The van der Waals surface area contributed by atoms with Gasteiger partial charge in [-0.15, -0.1) is 0 Å². The molecule has 13 rings (SSSR count). The Labute approximate surface area is 417 Å². The van der Waals surface area contributed by atoms with Crippen LogP contribution in [0.2, 0.25) is 0 Å². The summed E-state index contributed by atoms with van der Waals surface area (Å²) in [5.41, 5.74) is 22.2. The summed E-state index contributed by atoms with van der Waals surface area (Å²) in [6.45, 7) is 0. The molecule has 0 aliphatic carbocycles. The second-order valence-electron chi connectivity index (χ2n) is 17.9. The standard InChI is InChI=1S/C66H44N4S/c1-6-16-45(17-7-1)51-30-37-62-60(43-51)61-44-52(46-18-8-2-9-19-46)31-38-63(61)70(62)58-34-28-50(29-35-58)59-36-39-64(66-65(59)67-71-68-66)69(56-24-14-5-15-25-56)57-32-26-49(27-33-57)55-41-53(47-20-10-3-11-21-47)40-54(42-55)48-22-12-4-13-23-48/h1-44H. The highest BCUT2D eigenvalue weighted by Gasteiger charge is 2.21. The molecule has 0 unspecified atom stereocenters. The van der Waals surface area contributed by atoms with E-state index in [1.165, 1.54) is 78.0 Å². The summed E-state index contributed by atoms with van der Waals surface area (Å²) in [5, 5.41) is 2.45. The molecule has 0 aliphatic heterocycles. The van der Waals surface area contributed by atoms with Gasteiger partial charge in [-0.25, -0.2) is 0 Å². The molecule has 0 fully saturated rings. The van der Waals surface area contributed by atoms with Crippen LogP contribution in [0.15, 0.2) is 267 Å². The highest BCUT2D eigenvalue weighted by atomic mass is 32.1. The lowest BCUT2D eigenvalue weighted by molar-refractivity contribution is 1.18. The zero-order valence-electron chi connectivity index (χ0n) is 38.6. The Morgan fingerprint density at radius 1 is 0.296 bits per heavy atom. The van der Waals surface area contributed by atoms with Crippen LogP contribution in [-0.4, -0.2) is 13.3 Å². The van der Waals surface area contributed by atoms with Crippen LogP contribution in [0.5, 0.6) is 0 Å². The number of para-hydroxylation sites is 1. The van der Waals surface area contributed by atoms with Gasteiger partial charge in [-0.05, 0) is 152 Å². The number of benzene rings is 11. The molecule has 0 spiro atoms. The molecule has 13 aromatic rings. The number of aromatic nitrogens is 3. The fourth-order valence-corrected chi connectivity index (χ4v) is 10.7. The van der Waals surface area contributed by atoms with Gasteiger partial charge in [0, 0.05) is 33.4 Å². The van der Waals surface area contributed by atoms with Crippen LogP contribution < -0.4 is 4.90 Å². The Balaban J connectivity index is 0.869. The lowest BCUT2D eigenvalue weighted by Gasteiger charge is -2.26. The van der Waals surface area contributed by atoms with Crippen LogP contribution in [0.3, 0.4) is 0 Å². The van der Waals surface area contributed by atoms with Crippen LogP contribution >= 0.6 is 11.7 Å². The third kappa shape index (κ3) is 7.85. The largest absolute Gasteiger partial charge is 0.309 e.